The molecule has 2 aromatic rings. The smallest absolute Gasteiger partial charge is 0.271 e. The van der Waals surface area contributed by atoms with Gasteiger partial charge in [-0.2, -0.15) is 0 Å². The van der Waals surface area contributed by atoms with Crippen LogP contribution >= 0.6 is 15.9 Å². The van der Waals surface area contributed by atoms with Gasteiger partial charge in [-0.3, -0.25) is 14.6 Å². The number of aromatic amines is 1. The van der Waals surface area contributed by atoms with Gasteiger partial charge in [0.25, 0.3) is 5.56 Å². The fraction of sp³-hybridized carbons (Fsp3) is 0.182. The lowest BCUT2D eigenvalue weighted by Gasteiger charge is -2.01. The van der Waals surface area contributed by atoms with Crippen molar-refractivity contribution in [1.29, 1.82) is 0 Å². The second kappa shape index (κ2) is 4.27. The van der Waals surface area contributed by atoms with E-state index in [9.17, 15) is 4.79 Å². The molecule has 0 aliphatic carbocycles. The SMILES string of the molecule is Cn1[nH]c(-c2cccc(Br)c2)c(CN)c1=O. The maximum absolute atomic E-state index is 11.7. The third-order valence-corrected chi connectivity index (χ3v) is 2.95. The van der Waals surface area contributed by atoms with Crippen molar-refractivity contribution in [3.63, 3.8) is 0 Å². The minimum atomic E-state index is -0.0718. The Morgan fingerprint density at radius 3 is 2.88 bits per heavy atom. The zero-order chi connectivity index (χ0) is 11.7. The summed E-state index contributed by atoms with van der Waals surface area (Å²) in [5.41, 5.74) is 7.87. The van der Waals surface area contributed by atoms with Crippen LogP contribution in [-0.4, -0.2) is 9.78 Å². The van der Waals surface area contributed by atoms with E-state index in [0.717, 1.165) is 15.7 Å². The third-order valence-electron chi connectivity index (χ3n) is 2.46. The summed E-state index contributed by atoms with van der Waals surface area (Å²) in [6, 6.07) is 7.75. The van der Waals surface area contributed by atoms with Crippen LogP contribution in [0.25, 0.3) is 11.3 Å². The summed E-state index contributed by atoms with van der Waals surface area (Å²) in [6.07, 6.45) is 0. The Bertz CT molecular complexity index is 571. The van der Waals surface area contributed by atoms with Gasteiger partial charge in [0.1, 0.15) is 0 Å². The lowest BCUT2D eigenvalue weighted by molar-refractivity contribution is 0.739. The lowest BCUT2D eigenvalue weighted by atomic mass is 10.1. The maximum Gasteiger partial charge on any atom is 0.271 e. The lowest BCUT2D eigenvalue weighted by Crippen LogP contribution is -2.17. The first-order valence-corrected chi connectivity index (χ1v) is 5.66. The third kappa shape index (κ3) is 1.83. The number of nitrogens with one attached hydrogen (secondary N) is 1. The minimum absolute atomic E-state index is 0.0718. The topological polar surface area (TPSA) is 63.8 Å². The highest BCUT2D eigenvalue weighted by atomic mass is 79.9. The predicted octanol–water partition coefficient (Wildman–Crippen LogP) is 1.60. The fourth-order valence-corrected chi connectivity index (χ4v) is 2.07. The molecule has 0 atom stereocenters. The van der Waals surface area contributed by atoms with Crippen LogP contribution in [-0.2, 0) is 13.6 Å². The van der Waals surface area contributed by atoms with E-state index in [1.807, 2.05) is 24.3 Å². The van der Waals surface area contributed by atoms with Gasteiger partial charge >= 0.3 is 0 Å². The number of aryl methyl sites for hydroxylation is 1. The number of H-pyrrole nitrogens is 1. The minimum Gasteiger partial charge on any atom is -0.326 e. The Morgan fingerprint density at radius 1 is 1.50 bits per heavy atom. The average Bonchev–Trinajstić information content (AvgIpc) is 2.55. The largest absolute Gasteiger partial charge is 0.326 e. The van der Waals surface area contributed by atoms with Gasteiger partial charge in [0.05, 0.1) is 11.3 Å². The van der Waals surface area contributed by atoms with Crippen LogP contribution in [0.2, 0.25) is 0 Å². The number of nitrogens with two attached hydrogens (primary N) is 1. The van der Waals surface area contributed by atoms with E-state index in [2.05, 4.69) is 21.0 Å². The summed E-state index contributed by atoms with van der Waals surface area (Å²) >= 11 is 3.40. The maximum atomic E-state index is 11.7. The van der Waals surface area contributed by atoms with E-state index in [-0.39, 0.29) is 12.1 Å². The molecule has 1 aromatic heterocycles. The zero-order valence-electron chi connectivity index (χ0n) is 8.83. The van der Waals surface area contributed by atoms with Gasteiger partial charge in [-0.15, -0.1) is 0 Å². The average molecular weight is 282 g/mol. The number of halogens is 1. The van der Waals surface area contributed by atoms with Crippen molar-refractivity contribution in [3.05, 3.63) is 44.7 Å². The molecular formula is C11H12BrN3O. The summed E-state index contributed by atoms with van der Waals surface area (Å²) < 4.78 is 2.41. The quantitative estimate of drug-likeness (QED) is 0.878. The molecule has 1 aromatic carbocycles. The molecule has 0 aliphatic rings. The highest BCUT2D eigenvalue weighted by molar-refractivity contribution is 9.10. The number of aromatic nitrogens is 2. The van der Waals surface area contributed by atoms with Crippen molar-refractivity contribution in [2.75, 3.05) is 0 Å². The molecule has 0 amide bonds. The second-order valence-electron chi connectivity index (χ2n) is 3.54. The summed E-state index contributed by atoms with van der Waals surface area (Å²) in [5.74, 6) is 0. The molecule has 4 nitrogen and oxygen atoms in total. The van der Waals surface area contributed by atoms with Gasteiger partial charge in [-0.1, -0.05) is 28.1 Å². The molecule has 0 unspecified atom stereocenters. The van der Waals surface area contributed by atoms with Gasteiger partial charge in [-0.25, -0.2) is 0 Å². The predicted molar refractivity (Wildman–Crippen MR) is 67.1 cm³/mol. The summed E-state index contributed by atoms with van der Waals surface area (Å²) in [7, 11) is 1.68. The molecule has 0 radical (unpaired) electrons. The highest BCUT2D eigenvalue weighted by Gasteiger charge is 2.12. The van der Waals surface area contributed by atoms with E-state index in [0.29, 0.717) is 5.56 Å². The first-order valence-electron chi connectivity index (χ1n) is 4.87. The molecule has 84 valence electrons. The molecular weight excluding hydrogens is 270 g/mol. The molecule has 0 spiro atoms. The molecule has 2 rings (SSSR count). The van der Waals surface area contributed by atoms with Gasteiger partial charge in [0, 0.05) is 23.6 Å². The van der Waals surface area contributed by atoms with Crippen LogP contribution in [0.5, 0.6) is 0 Å². The molecule has 0 saturated carbocycles. The zero-order valence-corrected chi connectivity index (χ0v) is 10.4. The molecule has 3 N–H and O–H groups in total. The molecule has 0 fully saturated rings. The first-order chi connectivity index (χ1) is 7.63. The Hall–Kier alpha value is -1.33. The second-order valence-corrected chi connectivity index (χ2v) is 4.46. The number of hydrogen-bond acceptors (Lipinski definition) is 2. The van der Waals surface area contributed by atoms with Crippen molar-refractivity contribution in [2.45, 2.75) is 6.54 Å². The Labute approximate surface area is 101 Å². The summed E-state index contributed by atoms with van der Waals surface area (Å²) in [6.45, 7) is 0.234. The number of benzene rings is 1. The molecule has 5 heteroatoms. The van der Waals surface area contributed by atoms with Crippen molar-refractivity contribution < 1.29 is 0 Å². The van der Waals surface area contributed by atoms with E-state index < -0.39 is 0 Å². The van der Waals surface area contributed by atoms with Crippen LogP contribution in [0.4, 0.5) is 0 Å². The Kier molecular flexibility index (Phi) is 2.98. The van der Waals surface area contributed by atoms with E-state index >= 15 is 0 Å². The van der Waals surface area contributed by atoms with Crippen LogP contribution in [0.1, 0.15) is 5.56 Å². The van der Waals surface area contributed by atoms with Crippen LogP contribution in [0.15, 0.2) is 33.5 Å². The van der Waals surface area contributed by atoms with Gasteiger partial charge < -0.3 is 5.73 Å². The van der Waals surface area contributed by atoms with Crippen molar-refractivity contribution in [1.82, 2.24) is 9.78 Å². The molecule has 0 aliphatic heterocycles. The summed E-state index contributed by atoms with van der Waals surface area (Å²) in [5, 5.41) is 3.01. The Morgan fingerprint density at radius 2 is 2.25 bits per heavy atom. The van der Waals surface area contributed by atoms with Crippen molar-refractivity contribution in [3.8, 4) is 11.3 Å². The van der Waals surface area contributed by atoms with Gasteiger partial charge in [0.15, 0.2) is 0 Å². The molecule has 16 heavy (non-hydrogen) atoms. The number of nitrogens with zero attached hydrogens (tertiary/aromatic N) is 1. The highest BCUT2D eigenvalue weighted by Crippen LogP contribution is 2.22. The van der Waals surface area contributed by atoms with Crippen molar-refractivity contribution in [2.24, 2.45) is 12.8 Å². The molecule has 1 heterocycles. The first kappa shape index (κ1) is 11.2. The standard InChI is InChI=1S/C11H12BrN3O/c1-15-11(16)9(6-13)10(14-15)7-3-2-4-8(12)5-7/h2-5,14H,6,13H2,1H3. The van der Waals surface area contributed by atoms with E-state index in [1.165, 1.54) is 4.68 Å². The van der Waals surface area contributed by atoms with E-state index in [4.69, 9.17) is 5.73 Å². The normalized spacial score (nSPS) is 10.7. The van der Waals surface area contributed by atoms with Crippen molar-refractivity contribution >= 4 is 15.9 Å². The Balaban J connectivity index is 2.64. The van der Waals surface area contributed by atoms with Crippen LogP contribution in [0.3, 0.4) is 0 Å². The number of hydrogen-bond donors (Lipinski definition) is 2. The van der Waals surface area contributed by atoms with E-state index in [1.54, 1.807) is 7.05 Å². The van der Waals surface area contributed by atoms with Gasteiger partial charge in [0.2, 0.25) is 0 Å². The molecule has 0 bridgehead atoms. The fourth-order valence-electron chi connectivity index (χ4n) is 1.67. The molecule has 0 saturated heterocycles. The summed E-state index contributed by atoms with van der Waals surface area (Å²) in [4.78, 5) is 11.7. The van der Waals surface area contributed by atoms with Crippen LogP contribution in [0, 0.1) is 0 Å². The van der Waals surface area contributed by atoms with Gasteiger partial charge in [-0.05, 0) is 12.1 Å². The van der Waals surface area contributed by atoms with Crippen LogP contribution < -0.4 is 11.3 Å². The number of rotatable bonds is 2. The monoisotopic (exact) mass is 281 g/mol.